The standard InChI is InChI=1S/C30H35F3N2O3/c1-35(19-22-12-13-22)20-29(38)15-6-5-14-28(29,23-10-7-11-24(36)17-23)18-26(35)34-27(37)25(30(31,32)33)16-21-8-3-2-4-9-21/h2-4,7-11,16-17,22,26,38H,5-6,12-15,18-20H2,1H3,(H-,34,36,37)/p+1/t26-,28?,29?,35+/m0/s1. The minimum atomic E-state index is -4.83. The fourth-order valence-corrected chi connectivity index (χ4v) is 6.94. The normalized spacial score (nSPS) is 31.9. The summed E-state index contributed by atoms with van der Waals surface area (Å²) in [5.74, 6) is -0.642. The molecule has 0 bridgehead atoms. The summed E-state index contributed by atoms with van der Waals surface area (Å²) in [6, 6.07) is 14.9. The van der Waals surface area contributed by atoms with Crippen LogP contribution in [0.15, 0.2) is 60.2 Å². The summed E-state index contributed by atoms with van der Waals surface area (Å²) in [4.78, 5) is 13.4. The monoisotopic (exact) mass is 529 g/mol. The van der Waals surface area contributed by atoms with Gasteiger partial charge in [-0.15, -0.1) is 0 Å². The zero-order valence-electron chi connectivity index (χ0n) is 21.7. The van der Waals surface area contributed by atoms with Crippen molar-refractivity contribution in [1.82, 2.24) is 5.32 Å². The molecule has 3 aliphatic rings. The Morgan fingerprint density at radius 3 is 2.47 bits per heavy atom. The molecule has 8 heteroatoms. The number of rotatable bonds is 6. The van der Waals surface area contributed by atoms with Gasteiger partial charge in [0.15, 0.2) is 6.17 Å². The van der Waals surface area contributed by atoms with Gasteiger partial charge in [0.2, 0.25) is 0 Å². The van der Waals surface area contributed by atoms with Crippen LogP contribution in [-0.4, -0.2) is 58.7 Å². The second-order valence-corrected chi connectivity index (χ2v) is 11.8. The molecule has 2 saturated carbocycles. The van der Waals surface area contributed by atoms with Crippen molar-refractivity contribution in [2.75, 3.05) is 20.1 Å². The number of piperidine rings is 1. The fourth-order valence-electron chi connectivity index (χ4n) is 6.94. The first-order chi connectivity index (χ1) is 17.9. The Bertz CT molecular complexity index is 1210. The number of phenolic OH excluding ortho intramolecular Hbond substituents is 1. The third-order valence-electron chi connectivity index (χ3n) is 8.98. The number of likely N-dealkylation sites (tertiary alicyclic amines) is 1. The summed E-state index contributed by atoms with van der Waals surface area (Å²) in [6.45, 7) is 1.01. The number of phenols is 1. The molecule has 4 atom stereocenters. The maximum atomic E-state index is 14.1. The Morgan fingerprint density at radius 1 is 1.11 bits per heavy atom. The van der Waals surface area contributed by atoms with Crippen LogP contribution in [0.4, 0.5) is 13.2 Å². The van der Waals surface area contributed by atoms with Crippen LogP contribution in [0.2, 0.25) is 0 Å². The SMILES string of the molecule is C[N@@+]1(CC2CC2)CC2(O)CCCCC2(c2cccc(O)c2)C[C@H]1NC(=O)C(=Cc1ccccc1)C(F)(F)F. The zero-order chi connectivity index (χ0) is 27.2. The van der Waals surface area contributed by atoms with Crippen LogP contribution >= 0.6 is 0 Å². The van der Waals surface area contributed by atoms with E-state index in [1.807, 2.05) is 13.1 Å². The molecule has 1 heterocycles. The summed E-state index contributed by atoms with van der Waals surface area (Å²) in [5, 5.41) is 25.3. The predicted molar refractivity (Wildman–Crippen MR) is 139 cm³/mol. The molecule has 38 heavy (non-hydrogen) atoms. The summed E-state index contributed by atoms with van der Waals surface area (Å²) in [6.07, 6.45) is 0.733. The van der Waals surface area contributed by atoms with Crippen molar-refractivity contribution < 1.29 is 32.7 Å². The molecule has 0 spiro atoms. The van der Waals surface area contributed by atoms with Crippen LogP contribution in [-0.2, 0) is 10.2 Å². The number of benzene rings is 2. The average Bonchev–Trinajstić information content (AvgIpc) is 3.66. The highest BCUT2D eigenvalue weighted by atomic mass is 19.4. The molecule has 3 fully saturated rings. The Labute approximate surface area is 221 Å². The number of hydrogen-bond acceptors (Lipinski definition) is 3. The van der Waals surface area contributed by atoms with E-state index in [4.69, 9.17) is 0 Å². The number of alkyl halides is 3. The van der Waals surface area contributed by atoms with Gasteiger partial charge in [-0.2, -0.15) is 13.2 Å². The van der Waals surface area contributed by atoms with Crippen LogP contribution in [0.25, 0.3) is 6.08 Å². The molecule has 5 rings (SSSR count). The lowest BCUT2D eigenvalue weighted by Crippen LogP contribution is -2.76. The van der Waals surface area contributed by atoms with Gasteiger partial charge in [0.1, 0.15) is 23.5 Å². The fraction of sp³-hybridized carbons (Fsp3) is 0.500. The number of nitrogens with one attached hydrogen (secondary N) is 1. The minimum Gasteiger partial charge on any atom is -0.508 e. The van der Waals surface area contributed by atoms with Crippen molar-refractivity contribution in [1.29, 1.82) is 0 Å². The smallest absolute Gasteiger partial charge is 0.421 e. The molecule has 0 radical (unpaired) electrons. The number of carbonyl (C=O) groups excluding carboxylic acids is 1. The Balaban J connectivity index is 1.54. The first kappa shape index (κ1) is 26.8. The molecule has 5 nitrogen and oxygen atoms in total. The van der Waals surface area contributed by atoms with Crippen molar-refractivity contribution >= 4 is 12.0 Å². The van der Waals surface area contributed by atoms with Crippen molar-refractivity contribution in [3.05, 3.63) is 71.3 Å². The van der Waals surface area contributed by atoms with Crippen LogP contribution in [0, 0.1) is 5.92 Å². The number of fused-ring (bicyclic) bond motifs is 1. The van der Waals surface area contributed by atoms with Gasteiger partial charge < -0.3 is 20.0 Å². The number of nitrogens with zero attached hydrogens (tertiary/aromatic N) is 1. The molecule has 2 aromatic carbocycles. The number of amides is 1. The number of carbonyl (C=O) groups is 1. The molecule has 1 amide bonds. The highest BCUT2D eigenvalue weighted by Crippen LogP contribution is 2.55. The molecule has 2 unspecified atom stereocenters. The largest absolute Gasteiger partial charge is 0.508 e. The van der Waals surface area contributed by atoms with E-state index in [1.165, 1.54) is 12.1 Å². The van der Waals surface area contributed by atoms with E-state index < -0.39 is 34.8 Å². The van der Waals surface area contributed by atoms with Gasteiger partial charge in [-0.05, 0) is 55.0 Å². The van der Waals surface area contributed by atoms with Crippen molar-refractivity contribution in [3.63, 3.8) is 0 Å². The highest BCUT2D eigenvalue weighted by molar-refractivity contribution is 5.99. The van der Waals surface area contributed by atoms with Gasteiger partial charge in [0, 0.05) is 17.8 Å². The number of aliphatic hydroxyl groups is 1. The Morgan fingerprint density at radius 2 is 1.82 bits per heavy atom. The molecule has 0 aromatic heterocycles. The maximum absolute atomic E-state index is 14.1. The van der Waals surface area contributed by atoms with Crippen molar-refractivity contribution in [3.8, 4) is 5.75 Å². The predicted octanol–water partition coefficient (Wildman–Crippen LogP) is 5.28. The average molecular weight is 530 g/mol. The number of hydrogen-bond donors (Lipinski definition) is 3. The molecule has 2 aliphatic carbocycles. The number of quaternary nitrogens is 1. The maximum Gasteiger partial charge on any atom is 0.421 e. The van der Waals surface area contributed by atoms with E-state index in [0.29, 0.717) is 43.8 Å². The Kier molecular flexibility index (Phi) is 6.84. The van der Waals surface area contributed by atoms with Gasteiger partial charge in [-0.25, -0.2) is 0 Å². The number of halogens is 3. The molecule has 2 aromatic rings. The van der Waals surface area contributed by atoms with Crippen molar-refractivity contribution in [2.24, 2.45) is 5.92 Å². The second-order valence-electron chi connectivity index (χ2n) is 11.8. The van der Waals surface area contributed by atoms with Gasteiger partial charge in [0.25, 0.3) is 5.91 Å². The van der Waals surface area contributed by atoms with Gasteiger partial charge in [-0.1, -0.05) is 55.3 Å². The molecular formula is C30H36F3N2O3+. The molecular weight excluding hydrogens is 493 g/mol. The first-order valence-electron chi connectivity index (χ1n) is 13.5. The van der Waals surface area contributed by atoms with Crippen LogP contribution in [0.5, 0.6) is 5.75 Å². The minimum absolute atomic E-state index is 0.0799. The third kappa shape index (κ3) is 5.08. The molecule has 1 saturated heterocycles. The van der Waals surface area contributed by atoms with Crippen LogP contribution < -0.4 is 5.32 Å². The van der Waals surface area contributed by atoms with E-state index in [0.717, 1.165) is 37.3 Å². The molecule has 1 aliphatic heterocycles. The lowest BCUT2D eigenvalue weighted by atomic mass is 9.55. The van der Waals surface area contributed by atoms with E-state index in [1.54, 1.807) is 36.4 Å². The van der Waals surface area contributed by atoms with Gasteiger partial charge >= 0.3 is 6.18 Å². The number of likely N-dealkylation sites (N-methyl/N-ethyl adjacent to an activating group) is 1. The van der Waals surface area contributed by atoms with Gasteiger partial charge in [-0.3, -0.25) is 4.79 Å². The lowest BCUT2D eigenvalue weighted by Gasteiger charge is -2.61. The van der Waals surface area contributed by atoms with Crippen molar-refractivity contribution in [2.45, 2.75) is 68.3 Å². The Hall–Kier alpha value is -2.84. The zero-order valence-corrected chi connectivity index (χ0v) is 21.7. The van der Waals surface area contributed by atoms with E-state index in [-0.39, 0.29) is 10.2 Å². The van der Waals surface area contributed by atoms with E-state index >= 15 is 0 Å². The first-order valence-corrected chi connectivity index (χ1v) is 13.5. The highest BCUT2D eigenvalue weighted by Gasteiger charge is 2.64. The summed E-state index contributed by atoms with van der Waals surface area (Å²) < 4.78 is 42.7. The summed E-state index contributed by atoms with van der Waals surface area (Å²) in [7, 11) is 1.95. The van der Waals surface area contributed by atoms with Crippen LogP contribution in [0.1, 0.15) is 56.1 Å². The van der Waals surface area contributed by atoms with E-state index in [9.17, 15) is 28.2 Å². The molecule has 3 N–H and O–H groups in total. The topological polar surface area (TPSA) is 69.6 Å². The van der Waals surface area contributed by atoms with Gasteiger partial charge in [0.05, 0.1) is 13.6 Å². The van der Waals surface area contributed by atoms with E-state index in [2.05, 4.69) is 5.32 Å². The molecule has 204 valence electrons. The third-order valence-corrected chi connectivity index (χ3v) is 8.98. The second kappa shape index (κ2) is 9.72. The lowest BCUT2D eigenvalue weighted by molar-refractivity contribution is -0.951. The summed E-state index contributed by atoms with van der Waals surface area (Å²) in [5.41, 5.74) is -2.06. The van der Waals surface area contributed by atoms with Crippen LogP contribution in [0.3, 0.4) is 0 Å². The number of aromatic hydroxyl groups is 1. The quantitative estimate of drug-likeness (QED) is 0.352. The summed E-state index contributed by atoms with van der Waals surface area (Å²) >= 11 is 0.